The third-order valence-electron chi connectivity index (χ3n) is 10.7. The van der Waals surface area contributed by atoms with Crippen LogP contribution in [0.3, 0.4) is 0 Å². The van der Waals surface area contributed by atoms with Gasteiger partial charge >= 0.3 is 0 Å². The maximum absolute atomic E-state index is 2.37. The second kappa shape index (κ2) is 14.7. The Morgan fingerprint density at radius 2 is 0.732 bits per heavy atom. The first kappa shape index (κ1) is 33.6. The summed E-state index contributed by atoms with van der Waals surface area (Å²) in [5, 5.41) is 2.61. The van der Waals surface area contributed by atoms with Crippen LogP contribution in [-0.2, 0) is 0 Å². The second-order valence-electron chi connectivity index (χ2n) is 14.1. The molecule has 0 atom stereocenters. The van der Waals surface area contributed by atoms with Crippen LogP contribution in [0.25, 0.3) is 75.8 Å². The summed E-state index contributed by atoms with van der Waals surface area (Å²) in [5.41, 5.74) is 15.4. The summed E-state index contributed by atoms with van der Waals surface area (Å²) in [7, 11) is 0. The summed E-state index contributed by atoms with van der Waals surface area (Å²) >= 11 is 1.87. The fourth-order valence-electron chi connectivity index (χ4n) is 7.94. The van der Waals surface area contributed by atoms with Crippen molar-refractivity contribution in [3.8, 4) is 55.6 Å². The highest BCUT2D eigenvalue weighted by molar-refractivity contribution is 7.26. The zero-order chi connectivity index (χ0) is 37.3. The molecule has 264 valence electrons. The van der Waals surface area contributed by atoms with Crippen molar-refractivity contribution < 1.29 is 0 Å². The fourth-order valence-corrected chi connectivity index (χ4v) is 9.06. The van der Waals surface area contributed by atoms with Gasteiger partial charge in [0.1, 0.15) is 0 Å². The molecule has 10 rings (SSSR count). The molecule has 0 radical (unpaired) electrons. The molecule has 0 fully saturated rings. The van der Waals surface area contributed by atoms with Gasteiger partial charge in [0, 0.05) is 37.2 Å². The number of hydrogen-bond donors (Lipinski definition) is 0. The fraction of sp³-hybridized carbons (Fsp3) is 0. The molecule has 0 unspecified atom stereocenters. The van der Waals surface area contributed by atoms with Crippen molar-refractivity contribution in [3.63, 3.8) is 0 Å². The number of hydrogen-bond acceptors (Lipinski definition) is 2. The number of fused-ring (bicyclic) bond motifs is 3. The topological polar surface area (TPSA) is 3.24 Å². The van der Waals surface area contributed by atoms with Crippen molar-refractivity contribution in [3.05, 3.63) is 224 Å². The molecule has 1 aromatic heterocycles. The van der Waals surface area contributed by atoms with Crippen molar-refractivity contribution in [1.82, 2.24) is 0 Å². The standard InChI is InChI=1S/C54H37NS/c1-4-13-38(14-5-1)41-23-25-44(26-24-41)53-49(35-36-52-54(53)50-21-10-11-22-51(50)56-52)45-19-12-20-48(37-45)55(46-31-27-42(28-32-46)39-15-6-2-7-16-39)47-33-29-43(30-34-47)40-17-8-3-9-18-40/h1-37H. The van der Waals surface area contributed by atoms with E-state index in [9.17, 15) is 0 Å². The summed E-state index contributed by atoms with van der Waals surface area (Å²) in [6, 6.07) is 81.3. The summed E-state index contributed by atoms with van der Waals surface area (Å²) < 4.78 is 2.60. The van der Waals surface area contributed by atoms with Crippen LogP contribution in [0.15, 0.2) is 224 Å². The van der Waals surface area contributed by atoms with Gasteiger partial charge < -0.3 is 4.90 Å². The van der Waals surface area contributed by atoms with Crippen molar-refractivity contribution in [2.75, 3.05) is 4.90 Å². The lowest BCUT2D eigenvalue weighted by Crippen LogP contribution is -2.10. The quantitative estimate of drug-likeness (QED) is 0.150. The van der Waals surface area contributed by atoms with Crippen molar-refractivity contribution in [1.29, 1.82) is 0 Å². The lowest BCUT2D eigenvalue weighted by atomic mass is 9.89. The van der Waals surface area contributed by atoms with Crippen LogP contribution in [-0.4, -0.2) is 0 Å². The van der Waals surface area contributed by atoms with E-state index < -0.39 is 0 Å². The minimum Gasteiger partial charge on any atom is -0.310 e. The molecule has 0 N–H and O–H groups in total. The second-order valence-corrected chi connectivity index (χ2v) is 15.2. The molecule has 2 heteroatoms. The molecule has 0 saturated carbocycles. The molecule has 10 aromatic rings. The van der Waals surface area contributed by atoms with Gasteiger partial charge in [-0.25, -0.2) is 0 Å². The Morgan fingerprint density at radius 3 is 1.29 bits per heavy atom. The van der Waals surface area contributed by atoms with E-state index >= 15 is 0 Å². The van der Waals surface area contributed by atoms with Crippen LogP contribution in [0.4, 0.5) is 17.1 Å². The predicted molar refractivity (Wildman–Crippen MR) is 241 cm³/mol. The largest absolute Gasteiger partial charge is 0.310 e. The van der Waals surface area contributed by atoms with Gasteiger partial charge in [-0.2, -0.15) is 0 Å². The van der Waals surface area contributed by atoms with Gasteiger partial charge in [-0.1, -0.05) is 176 Å². The normalized spacial score (nSPS) is 11.2. The van der Waals surface area contributed by atoms with Gasteiger partial charge in [-0.3, -0.25) is 0 Å². The smallest absolute Gasteiger partial charge is 0.0467 e. The molecule has 1 heterocycles. The highest BCUT2D eigenvalue weighted by Gasteiger charge is 2.19. The molecule has 56 heavy (non-hydrogen) atoms. The Bertz CT molecular complexity index is 2830. The summed E-state index contributed by atoms with van der Waals surface area (Å²) in [4.78, 5) is 2.37. The zero-order valence-corrected chi connectivity index (χ0v) is 31.5. The van der Waals surface area contributed by atoms with Gasteiger partial charge in [0.05, 0.1) is 0 Å². The SMILES string of the molecule is c1ccc(-c2ccc(-c3c(-c4cccc(N(c5ccc(-c6ccccc6)cc5)c5ccc(-c6ccccc6)cc5)c4)ccc4sc5ccccc5c34)cc2)cc1. The molecule has 1 nitrogen and oxygen atoms in total. The van der Waals surface area contributed by atoms with Gasteiger partial charge in [-0.15, -0.1) is 11.3 Å². The third-order valence-corrected chi connectivity index (χ3v) is 11.8. The van der Waals surface area contributed by atoms with Crippen LogP contribution >= 0.6 is 11.3 Å². The van der Waals surface area contributed by atoms with E-state index in [1.807, 2.05) is 11.3 Å². The van der Waals surface area contributed by atoms with Crippen molar-refractivity contribution >= 4 is 48.6 Å². The van der Waals surface area contributed by atoms with E-state index in [0.29, 0.717) is 0 Å². The molecule has 0 aliphatic heterocycles. The predicted octanol–water partition coefficient (Wildman–Crippen LogP) is 15.9. The molecular weight excluding hydrogens is 695 g/mol. The van der Waals surface area contributed by atoms with Gasteiger partial charge in [-0.05, 0) is 104 Å². The minimum absolute atomic E-state index is 1.10. The monoisotopic (exact) mass is 731 g/mol. The Labute approximate surface area is 332 Å². The Hall–Kier alpha value is -7.00. The Morgan fingerprint density at radius 1 is 0.286 bits per heavy atom. The highest BCUT2D eigenvalue weighted by Crippen LogP contribution is 2.46. The number of nitrogens with zero attached hydrogens (tertiary/aromatic N) is 1. The summed E-state index contributed by atoms with van der Waals surface area (Å²) in [5.74, 6) is 0. The molecule has 0 aliphatic rings. The first-order chi connectivity index (χ1) is 27.8. The average molecular weight is 732 g/mol. The highest BCUT2D eigenvalue weighted by atomic mass is 32.1. The molecule has 0 spiro atoms. The van der Waals surface area contributed by atoms with Crippen molar-refractivity contribution in [2.24, 2.45) is 0 Å². The Kier molecular flexibility index (Phi) is 8.79. The van der Waals surface area contributed by atoms with Gasteiger partial charge in [0.15, 0.2) is 0 Å². The number of benzene rings is 9. The summed E-state index contributed by atoms with van der Waals surface area (Å²) in [6.45, 7) is 0. The minimum atomic E-state index is 1.10. The van der Waals surface area contributed by atoms with E-state index in [1.165, 1.54) is 75.8 Å². The number of thiophene rings is 1. The van der Waals surface area contributed by atoms with Crippen molar-refractivity contribution in [2.45, 2.75) is 0 Å². The molecule has 0 bridgehead atoms. The van der Waals surface area contributed by atoms with Crippen LogP contribution < -0.4 is 4.90 Å². The van der Waals surface area contributed by atoms with E-state index in [0.717, 1.165) is 17.1 Å². The van der Waals surface area contributed by atoms with Crippen LogP contribution in [0.5, 0.6) is 0 Å². The maximum Gasteiger partial charge on any atom is 0.0467 e. The average Bonchev–Trinajstić information content (AvgIpc) is 3.67. The molecule has 0 saturated heterocycles. The summed E-state index contributed by atoms with van der Waals surface area (Å²) in [6.07, 6.45) is 0. The zero-order valence-electron chi connectivity index (χ0n) is 30.7. The molecular formula is C54H37NS. The molecule has 0 aliphatic carbocycles. The first-order valence-corrected chi connectivity index (χ1v) is 19.9. The van der Waals surface area contributed by atoms with Crippen LogP contribution in [0.2, 0.25) is 0 Å². The molecule has 9 aromatic carbocycles. The lowest BCUT2D eigenvalue weighted by Gasteiger charge is -2.27. The van der Waals surface area contributed by atoms with E-state index in [4.69, 9.17) is 0 Å². The molecule has 0 amide bonds. The third kappa shape index (κ3) is 6.36. The van der Waals surface area contributed by atoms with Gasteiger partial charge in [0.2, 0.25) is 0 Å². The van der Waals surface area contributed by atoms with Crippen LogP contribution in [0, 0.1) is 0 Å². The first-order valence-electron chi connectivity index (χ1n) is 19.1. The van der Waals surface area contributed by atoms with E-state index in [2.05, 4.69) is 229 Å². The maximum atomic E-state index is 2.37. The number of anilines is 3. The van der Waals surface area contributed by atoms with E-state index in [1.54, 1.807) is 0 Å². The Balaban J connectivity index is 1.12. The van der Waals surface area contributed by atoms with E-state index in [-0.39, 0.29) is 0 Å². The number of rotatable bonds is 8. The van der Waals surface area contributed by atoms with Gasteiger partial charge in [0.25, 0.3) is 0 Å². The van der Waals surface area contributed by atoms with Crippen LogP contribution in [0.1, 0.15) is 0 Å². The lowest BCUT2D eigenvalue weighted by molar-refractivity contribution is 1.28.